The summed E-state index contributed by atoms with van der Waals surface area (Å²) in [4.78, 5) is 36.9. The Morgan fingerprint density at radius 2 is 1.78 bits per heavy atom. The highest BCUT2D eigenvalue weighted by atomic mass is 16.5. The first kappa shape index (κ1) is 21.1. The summed E-state index contributed by atoms with van der Waals surface area (Å²) in [5.41, 5.74) is 3.15. The summed E-state index contributed by atoms with van der Waals surface area (Å²) in [5.74, 6) is 0.112. The molecular formula is C23H22N4O5. The van der Waals surface area contributed by atoms with Gasteiger partial charge in [-0.05, 0) is 55.5 Å². The molecule has 1 atom stereocenters. The number of aromatic nitrogens is 2. The molecule has 1 aliphatic rings. The van der Waals surface area contributed by atoms with Crippen LogP contribution in [0.4, 0.5) is 11.5 Å². The third kappa shape index (κ3) is 3.92. The van der Waals surface area contributed by atoms with E-state index in [0.29, 0.717) is 22.8 Å². The number of carbonyl (C=O) groups is 3. The van der Waals surface area contributed by atoms with Crippen LogP contribution in [0.1, 0.15) is 28.4 Å². The minimum atomic E-state index is -0.815. The topological polar surface area (TPSA) is 112 Å². The van der Waals surface area contributed by atoms with Crippen molar-refractivity contribution in [3.8, 4) is 17.0 Å². The zero-order valence-corrected chi connectivity index (χ0v) is 17.8. The Kier molecular flexibility index (Phi) is 5.63. The molecule has 1 aromatic heterocycles. The second-order valence-electron chi connectivity index (χ2n) is 7.32. The molecule has 0 spiro atoms. The van der Waals surface area contributed by atoms with Crippen LogP contribution in [0.5, 0.6) is 5.75 Å². The van der Waals surface area contributed by atoms with Gasteiger partial charge in [0.25, 0.3) is 0 Å². The summed E-state index contributed by atoms with van der Waals surface area (Å²) in [6.45, 7) is 1.85. The van der Waals surface area contributed by atoms with Crippen molar-refractivity contribution in [1.29, 1.82) is 0 Å². The number of ether oxygens (including phenoxy) is 2. The van der Waals surface area contributed by atoms with Crippen LogP contribution in [-0.2, 0) is 14.3 Å². The van der Waals surface area contributed by atoms with Crippen LogP contribution >= 0.6 is 0 Å². The summed E-state index contributed by atoms with van der Waals surface area (Å²) in [6, 6.07) is 12.9. The molecule has 0 saturated carbocycles. The number of esters is 1. The SMILES string of the molecule is COC(=O)c1ccc(NC(=O)[C@H]2CC(=O)Nc3c(C)c(-c4ccc(OC)cc4)nn32)cc1. The largest absolute Gasteiger partial charge is 0.497 e. The monoisotopic (exact) mass is 434 g/mol. The second kappa shape index (κ2) is 8.54. The third-order valence-electron chi connectivity index (χ3n) is 5.32. The molecule has 9 heteroatoms. The number of amides is 2. The first-order chi connectivity index (χ1) is 15.4. The van der Waals surface area contributed by atoms with Gasteiger partial charge >= 0.3 is 5.97 Å². The van der Waals surface area contributed by atoms with Crippen LogP contribution < -0.4 is 15.4 Å². The van der Waals surface area contributed by atoms with E-state index in [-0.39, 0.29) is 18.2 Å². The van der Waals surface area contributed by atoms with Gasteiger partial charge in [0, 0.05) is 16.8 Å². The van der Waals surface area contributed by atoms with E-state index in [4.69, 9.17) is 4.74 Å². The van der Waals surface area contributed by atoms with Gasteiger partial charge in [-0.15, -0.1) is 0 Å². The molecule has 2 amide bonds. The van der Waals surface area contributed by atoms with E-state index in [9.17, 15) is 14.4 Å². The minimum Gasteiger partial charge on any atom is -0.497 e. The molecule has 2 heterocycles. The molecule has 0 unspecified atom stereocenters. The molecule has 4 rings (SSSR count). The van der Waals surface area contributed by atoms with Gasteiger partial charge in [0.1, 0.15) is 17.6 Å². The number of hydrogen-bond acceptors (Lipinski definition) is 6. The molecule has 2 N–H and O–H groups in total. The molecule has 0 aliphatic carbocycles. The lowest BCUT2D eigenvalue weighted by Crippen LogP contribution is -2.35. The van der Waals surface area contributed by atoms with E-state index in [1.165, 1.54) is 7.11 Å². The molecule has 0 bridgehead atoms. The maximum atomic E-state index is 13.0. The van der Waals surface area contributed by atoms with Gasteiger partial charge in [-0.25, -0.2) is 9.48 Å². The summed E-state index contributed by atoms with van der Waals surface area (Å²) >= 11 is 0. The highest BCUT2D eigenvalue weighted by Crippen LogP contribution is 2.35. The van der Waals surface area contributed by atoms with Crippen LogP contribution in [-0.4, -0.2) is 41.8 Å². The highest BCUT2D eigenvalue weighted by Gasteiger charge is 2.34. The van der Waals surface area contributed by atoms with Crippen molar-refractivity contribution in [3.05, 3.63) is 59.7 Å². The zero-order valence-electron chi connectivity index (χ0n) is 17.8. The summed E-state index contributed by atoms with van der Waals surface area (Å²) in [7, 11) is 2.90. The second-order valence-corrected chi connectivity index (χ2v) is 7.32. The zero-order chi connectivity index (χ0) is 22.8. The highest BCUT2D eigenvalue weighted by molar-refractivity contribution is 6.02. The van der Waals surface area contributed by atoms with E-state index in [2.05, 4.69) is 20.5 Å². The number of anilines is 2. The Hall–Kier alpha value is -4.14. The van der Waals surface area contributed by atoms with Gasteiger partial charge in [-0.1, -0.05) is 0 Å². The Morgan fingerprint density at radius 3 is 2.41 bits per heavy atom. The lowest BCUT2D eigenvalue weighted by molar-refractivity contribution is -0.125. The van der Waals surface area contributed by atoms with E-state index in [1.54, 1.807) is 36.1 Å². The van der Waals surface area contributed by atoms with E-state index in [1.807, 2.05) is 31.2 Å². The van der Waals surface area contributed by atoms with E-state index in [0.717, 1.165) is 16.9 Å². The number of nitrogens with one attached hydrogen (secondary N) is 2. The molecule has 0 saturated heterocycles. The molecule has 2 aromatic carbocycles. The number of rotatable bonds is 5. The van der Waals surface area contributed by atoms with Crippen molar-refractivity contribution in [3.63, 3.8) is 0 Å². The molecule has 0 fully saturated rings. The quantitative estimate of drug-likeness (QED) is 0.597. The van der Waals surface area contributed by atoms with Gasteiger partial charge in [0.15, 0.2) is 0 Å². The Balaban J connectivity index is 1.61. The molecule has 3 aromatic rings. The molecule has 164 valence electrons. The van der Waals surface area contributed by atoms with Crippen molar-refractivity contribution in [1.82, 2.24) is 9.78 Å². The number of benzene rings is 2. The first-order valence-electron chi connectivity index (χ1n) is 9.94. The van der Waals surface area contributed by atoms with Crippen molar-refractivity contribution in [2.45, 2.75) is 19.4 Å². The molecule has 9 nitrogen and oxygen atoms in total. The van der Waals surface area contributed by atoms with Crippen LogP contribution in [0.2, 0.25) is 0 Å². The summed E-state index contributed by atoms with van der Waals surface area (Å²) in [5, 5.41) is 10.3. The summed E-state index contributed by atoms with van der Waals surface area (Å²) in [6.07, 6.45) is -0.0394. The fourth-order valence-corrected chi connectivity index (χ4v) is 3.60. The fraction of sp³-hybridized carbons (Fsp3) is 0.217. The molecular weight excluding hydrogens is 412 g/mol. The number of hydrogen-bond donors (Lipinski definition) is 2. The van der Waals surface area contributed by atoms with Gasteiger partial charge in [-0.3, -0.25) is 9.59 Å². The standard InChI is InChI=1S/C23H22N4O5/c1-13-20(14-6-10-17(31-2)11-7-14)26-27-18(12-19(28)25-21(13)27)22(29)24-16-8-4-15(5-9-16)23(30)32-3/h4-11,18H,12H2,1-3H3,(H,24,29)(H,25,28)/t18-/m1/s1. The van der Waals surface area contributed by atoms with Crippen LogP contribution in [0.25, 0.3) is 11.3 Å². The van der Waals surface area contributed by atoms with Crippen molar-refractivity contribution >= 4 is 29.3 Å². The van der Waals surface area contributed by atoms with Crippen LogP contribution in [0.3, 0.4) is 0 Å². The average molecular weight is 434 g/mol. The van der Waals surface area contributed by atoms with Crippen LogP contribution in [0, 0.1) is 6.92 Å². The molecule has 1 aliphatic heterocycles. The smallest absolute Gasteiger partial charge is 0.337 e. The Morgan fingerprint density at radius 1 is 1.09 bits per heavy atom. The van der Waals surface area contributed by atoms with Gasteiger partial charge < -0.3 is 20.1 Å². The fourth-order valence-electron chi connectivity index (χ4n) is 3.60. The Labute approximate surface area is 184 Å². The van der Waals surface area contributed by atoms with Crippen molar-refractivity contribution in [2.24, 2.45) is 0 Å². The van der Waals surface area contributed by atoms with Crippen molar-refractivity contribution in [2.75, 3.05) is 24.9 Å². The predicted molar refractivity (Wildman–Crippen MR) is 118 cm³/mol. The predicted octanol–water partition coefficient (Wildman–Crippen LogP) is 3.18. The maximum Gasteiger partial charge on any atom is 0.337 e. The van der Waals surface area contributed by atoms with E-state index < -0.39 is 12.0 Å². The number of carbonyl (C=O) groups excluding carboxylic acids is 3. The lowest BCUT2D eigenvalue weighted by Gasteiger charge is -2.24. The van der Waals surface area contributed by atoms with Crippen molar-refractivity contribution < 1.29 is 23.9 Å². The van der Waals surface area contributed by atoms with Gasteiger partial charge in [-0.2, -0.15) is 5.10 Å². The lowest BCUT2D eigenvalue weighted by atomic mass is 10.1. The maximum absolute atomic E-state index is 13.0. The third-order valence-corrected chi connectivity index (χ3v) is 5.32. The molecule has 0 radical (unpaired) electrons. The first-order valence-corrected chi connectivity index (χ1v) is 9.94. The van der Waals surface area contributed by atoms with Gasteiger partial charge in [0.2, 0.25) is 11.8 Å². The average Bonchev–Trinajstić information content (AvgIpc) is 3.14. The van der Waals surface area contributed by atoms with E-state index >= 15 is 0 Å². The number of fused-ring (bicyclic) bond motifs is 1. The molecule has 32 heavy (non-hydrogen) atoms. The number of nitrogens with zero attached hydrogens (tertiary/aromatic N) is 2. The normalized spacial score (nSPS) is 14.8. The number of methoxy groups -OCH3 is 2. The summed E-state index contributed by atoms with van der Waals surface area (Å²) < 4.78 is 11.4. The minimum absolute atomic E-state index is 0.0394. The Bertz CT molecular complexity index is 1180. The van der Waals surface area contributed by atoms with Gasteiger partial charge in [0.05, 0.1) is 31.9 Å². The van der Waals surface area contributed by atoms with Crippen LogP contribution in [0.15, 0.2) is 48.5 Å².